The third-order valence-electron chi connectivity index (χ3n) is 5.84. The fraction of sp³-hybridized carbons (Fsp3) is 0.179. The first-order valence-electron chi connectivity index (χ1n) is 11.9. The minimum absolute atomic E-state index is 0.0536. The summed E-state index contributed by atoms with van der Waals surface area (Å²) in [6.07, 6.45) is 5.22. The van der Waals surface area contributed by atoms with Gasteiger partial charge in [-0.1, -0.05) is 36.4 Å². The van der Waals surface area contributed by atoms with Crippen LogP contribution in [0.15, 0.2) is 85.2 Å². The lowest BCUT2D eigenvalue weighted by molar-refractivity contribution is 0.0938. The molecule has 36 heavy (non-hydrogen) atoms. The highest BCUT2D eigenvalue weighted by atomic mass is 16.1. The van der Waals surface area contributed by atoms with Gasteiger partial charge in [0.1, 0.15) is 5.82 Å². The van der Waals surface area contributed by atoms with Gasteiger partial charge in [0, 0.05) is 47.0 Å². The van der Waals surface area contributed by atoms with Gasteiger partial charge in [0.25, 0.3) is 11.7 Å². The summed E-state index contributed by atoms with van der Waals surface area (Å²) in [6.45, 7) is 3.94. The number of anilines is 2. The molecule has 180 valence electrons. The van der Waals surface area contributed by atoms with Crippen LogP contribution >= 0.6 is 0 Å². The Balaban J connectivity index is 1.31. The Hall–Kier alpha value is -4.59. The number of rotatable bonds is 8. The summed E-state index contributed by atoms with van der Waals surface area (Å²) in [7, 11) is 0. The van der Waals surface area contributed by atoms with E-state index in [2.05, 4.69) is 42.8 Å². The molecule has 0 unspecified atom stereocenters. The molecule has 1 amide bonds. The number of hydrogen-bond donors (Lipinski definition) is 2. The van der Waals surface area contributed by atoms with Gasteiger partial charge in [0.15, 0.2) is 5.82 Å². The zero-order valence-electron chi connectivity index (χ0n) is 20.2. The molecule has 0 radical (unpaired) electrons. The summed E-state index contributed by atoms with van der Waals surface area (Å²) >= 11 is 0. The van der Waals surface area contributed by atoms with Crippen LogP contribution in [0.1, 0.15) is 35.0 Å². The summed E-state index contributed by atoms with van der Waals surface area (Å²) in [5, 5.41) is 11.1. The van der Waals surface area contributed by atoms with Crippen LogP contribution in [0.2, 0.25) is 0 Å². The van der Waals surface area contributed by atoms with Gasteiger partial charge in [-0.05, 0) is 62.6 Å². The van der Waals surface area contributed by atoms with E-state index in [4.69, 9.17) is 0 Å². The van der Waals surface area contributed by atoms with Crippen molar-refractivity contribution in [1.29, 1.82) is 0 Å². The molecule has 0 saturated heterocycles. The van der Waals surface area contributed by atoms with Crippen molar-refractivity contribution in [3.8, 4) is 11.4 Å². The lowest BCUT2D eigenvalue weighted by atomic mass is 10.1. The molecule has 0 aliphatic heterocycles. The van der Waals surface area contributed by atoms with Crippen molar-refractivity contribution < 1.29 is 4.79 Å². The fourth-order valence-electron chi connectivity index (χ4n) is 3.99. The van der Waals surface area contributed by atoms with Crippen molar-refractivity contribution in [2.45, 2.75) is 32.7 Å². The number of nitrogens with one attached hydrogen (secondary N) is 2. The topological polar surface area (TPSA) is 97.1 Å². The lowest BCUT2D eigenvalue weighted by Crippen LogP contribution is -2.32. The molecule has 0 saturated carbocycles. The van der Waals surface area contributed by atoms with Crippen molar-refractivity contribution in [3.05, 3.63) is 102 Å². The average Bonchev–Trinajstić information content (AvgIpc) is 3.33. The first-order valence-corrected chi connectivity index (χ1v) is 11.9. The van der Waals surface area contributed by atoms with E-state index in [0.717, 1.165) is 29.8 Å². The second-order valence-electron chi connectivity index (χ2n) is 8.78. The molecule has 5 rings (SSSR count). The number of amides is 1. The van der Waals surface area contributed by atoms with Gasteiger partial charge in [-0.2, -0.15) is 9.50 Å². The van der Waals surface area contributed by atoms with Crippen molar-refractivity contribution in [2.24, 2.45) is 0 Å². The fourth-order valence-corrected chi connectivity index (χ4v) is 3.99. The van der Waals surface area contributed by atoms with Crippen LogP contribution in [-0.2, 0) is 6.42 Å². The van der Waals surface area contributed by atoms with Crippen LogP contribution in [-0.4, -0.2) is 36.5 Å². The molecule has 0 bridgehead atoms. The maximum Gasteiger partial charge on any atom is 0.254 e. The van der Waals surface area contributed by atoms with Crippen molar-refractivity contribution in [3.63, 3.8) is 0 Å². The Morgan fingerprint density at radius 1 is 1.00 bits per heavy atom. The van der Waals surface area contributed by atoms with Crippen LogP contribution in [0.5, 0.6) is 0 Å². The Bertz CT molecular complexity index is 1480. The first-order chi connectivity index (χ1) is 17.5. The van der Waals surface area contributed by atoms with Crippen LogP contribution in [0.3, 0.4) is 0 Å². The molecular formula is C28H27N7O. The van der Waals surface area contributed by atoms with Gasteiger partial charge in [0.2, 0.25) is 0 Å². The number of nitrogens with zero attached hydrogens (tertiary/aromatic N) is 5. The maximum absolute atomic E-state index is 12.9. The monoisotopic (exact) mass is 477 g/mol. The zero-order valence-corrected chi connectivity index (χ0v) is 20.2. The standard InChI is InChI=1S/C28H27N7O/c1-19(13-14-21-8-4-3-5-9-21)30-27(36)22-10-6-12-24(17-22)32-25-16-20(2)31-28-33-26(34-35(25)28)23-11-7-15-29-18-23/h3-12,15-19,32H,13-14H2,1-2H3,(H,30,36)/t19-/m1/s1. The largest absolute Gasteiger partial charge is 0.350 e. The Morgan fingerprint density at radius 3 is 2.67 bits per heavy atom. The van der Waals surface area contributed by atoms with Gasteiger partial charge < -0.3 is 10.6 Å². The summed E-state index contributed by atoms with van der Waals surface area (Å²) in [5.41, 5.74) is 4.24. The average molecular weight is 478 g/mol. The predicted octanol–water partition coefficient (Wildman–Crippen LogP) is 4.99. The number of benzene rings is 2. The number of pyridine rings is 1. The van der Waals surface area contributed by atoms with Crippen LogP contribution in [0.25, 0.3) is 17.2 Å². The van der Waals surface area contributed by atoms with Crippen LogP contribution < -0.4 is 10.6 Å². The Labute approximate surface area is 209 Å². The third kappa shape index (κ3) is 5.38. The van der Waals surface area contributed by atoms with E-state index in [1.165, 1.54) is 5.56 Å². The highest BCUT2D eigenvalue weighted by Crippen LogP contribution is 2.22. The van der Waals surface area contributed by atoms with Crippen molar-refractivity contribution in [2.75, 3.05) is 5.32 Å². The van der Waals surface area contributed by atoms with Gasteiger partial charge in [-0.15, -0.1) is 5.10 Å². The normalized spacial score (nSPS) is 11.8. The van der Waals surface area contributed by atoms with Gasteiger partial charge in [0.05, 0.1) is 0 Å². The summed E-state index contributed by atoms with van der Waals surface area (Å²) < 4.78 is 1.66. The van der Waals surface area contributed by atoms with E-state index < -0.39 is 0 Å². The second-order valence-corrected chi connectivity index (χ2v) is 8.78. The quantitative estimate of drug-likeness (QED) is 0.327. The lowest BCUT2D eigenvalue weighted by Gasteiger charge is -2.15. The molecule has 3 heterocycles. The molecule has 8 heteroatoms. The SMILES string of the molecule is Cc1cc(Nc2cccc(C(=O)N[C@H](C)CCc3ccccc3)c2)n2nc(-c3cccnc3)nc2n1. The Morgan fingerprint density at radius 2 is 1.86 bits per heavy atom. The van der Waals surface area contributed by atoms with Gasteiger partial charge >= 0.3 is 0 Å². The maximum atomic E-state index is 12.9. The van der Waals surface area contributed by atoms with Gasteiger partial charge in [-0.3, -0.25) is 9.78 Å². The number of aromatic nitrogens is 5. The number of hydrogen-bond acceptors (Lipinski definition) is 6. The summed E-state index contributed by atoms with van der Waals surface area (Å²) in [6, 6.07) is 23.4. The summed E-state index contributed by atoms with van der Waals surface area (Å²) in [4.78, 5) is 26.1. The number of fused-ring (bicyclic) bond motifs is 1. The molecule has 2 aromatic carbocycles. The molecule has 1 atom stereocenters. The van der Waals surface area contributed by atoms with E-state index in [1.807, 2.05) is 74.5 Å². The molecule has 8 nitrogen and oxygen atoms in total. The minimum atomic E-state index is -0.102. The van der Waals surface area contributed by atoms with Crippen LogP contribution in [0.4, 0.5) is 11.5 Å². The Kier molecular flexibility index (Phi) is 6.66. The molecular weight excluding hydrogens is 450 g/mol. The van der Waals surface area contributed by atoms with E-state index in [-0.39, 0.29) is 11.9 Å². The van der Waals surface area contributed by atoms with Crippen LogP contribution in [0, 0.1) is 6.92 Å². The molecule has 0 aliphatic rings. The molecule has 0 spiro atoms. The zero-order chi connectivity index (χ0) is 24.9. The summed E-state index contributed by atoms with van der Waals surface area (Å²) in [5.74, 6) is 1.63. The van der Waals surface area contributed by atoms with E-state index in [0.29, 0.717) is 23.0 Å². The smallest absolute Gasteiger partial charge is 0.254 e. The molecule has 0 fully saturated rings. The molecule has 5 aromatic rings. The third-order valence-corrected chi connectivity index (χ3v) is 5.84. The second kappa shape index (κ2) is 10.4. The first kappa shape index (κ1) is 23.2. The van der Waals surface area contributed by atoms with E-state index >= 15 is 0 Å². The highest BCUT2D eigenvalue weighted by molar-refractivity contribution is 5.95. The van der Waals surface area contributed by atoms with Crippen molar-refractivity contribution in [1.82, 2.24) is 29.9 Å². The molecule has 2 N–H and O–H groups in total. The number of carbonyl (C=O) groups excluding carboxylic acids is 1. The highest BCUT2D eigenvalue weighted by Gasteiger charge is 2.14. The van der Waals surface area contributed by atoms with Crippen molar-refractivity contribution >= 4 is 23.2 Å². The van der Waals surface area contributed by atoms with E-state index in [9.17, 15) is 4.79 Å². The number of aryl methyl sites for hydroxylation is 2. The van der Waals surface area contributed by atoms with Gasteiger partial charge in [-0.25, -0.2) is 4.98 Å². The molecule has 3 aromatic heterocycles. The van der Waals surface area contributed by atoms with E-state index in [1.54, 1.807) is 16.9 Å². The minimum Gasteiger partial charge on any atom is -0.350 e. The number of carbonyl (C=O) groups is 1. The molecule has 0 aliphatic carbocycles. The predicted molar refractivity (Wildman–Crippen MR) is 140 cm³/mol.